The number of cyclic esters (lactones) is 1. The predicted molar refractivity (Wildman–Crippen MR) is 71.3 cm³/mol. The van der Waals surface area contributed by atoms with Gasteiger partial charge in [0.25, 0.3) is 5.69 Å². The molecular weight excluding hydrogens is 260 g/mol. The average molecular weight is 270 g/mol. The van der Waals surface area contributed by atoms with Crippen molar-refractivity contribution in [1.82, 2.24) is 0 Å². The van der Waals surface area contributed by atoms with Crippen molar-refractivity contribution >= 4 is 17.3 Å². The second kappa shape index (κ2) is 4.65. The van der Waals surface area contributed by atoms with E-state index >= 15 is 0 Å². The minimum Gasteiger partial charge on any atom is -0.434 e. The number of rotatable bonds is 3. The molecule has 0 bridgehead atoms. The van der Waals surface area contributed by atoms with Crippen LogP contribution in [-0.2, 0) is 4.74 Å². The molecule has 2 aromatic rings. The number of nitrogens with one attached hydrogen (secondary N) is 1. The van der Waals surface area contributed by atoms with Gasteiger partial charge in [-0.2, -0.15) is 0 Å². The first kappa shape index (κ1) is 12.2. The number of hydrogen-bond donors (Lipinski definition) is 1. The molecule has 1 N–H and O–H groups in total. The van der Waals surface area contributed by atoms with E-state index in [4.69, 9.17) is 4.74 Å². The smallest absolute Gasteiger partial charge is 0.340 e. The maximum absolute atomic E-state index is 11.7. The average Bonchev–Trinajstić information content (AvgIpc) is 2.76. The summed E-state index contributed by atoms with van der Waals surface area (Å²) in [7, 11) is 0. The molecule has 1 atom stereocenters. The third kappa shape index (κ3) is 1.97. The van der Waals surface area contributed by atoms with Gasteiger partial charge in [0.1, 0.15) is 5.69 Å². The van der Waals surface area contributed by atoms with Crippen LogP contribution in [0.2, 0.25) is 0 Å². The van der Waals surface area contributed by atoms with Crippen LogP contribution in [0.5, 0.6) is 0 Å². The Morgan fingerprint density at radius 3 is 2.60 bits per heavy atom. The summed E-state index contributed by atoms with van der Waals surface area (Å²) in [5.74, 6) is -0.434. The van der Waals surface area contributed by atoms with Gasteiger partial charge in [0.15, 0.2) is 0 Å². The van der Waals surface area contributed by atoms with Crippen molar-refractivity contribution in [2.24, 2.45) is 0 Å². The summed E-state index contributed by atoms with van der Waals surface area (Å²) >= 11 is 0. The summed E-state index contributed by atoms with van der Waals surface area (Å²) in [6.45, 7) is 0. The Hall–Kier alpha value is -2.89. The third-order valence-electron chi connectivity index (χ3n) is 3.08. The number of anilines is 1. The summed E-state index contributed by atoms with van der Waals surface area (Å²) in [4.78, 5) is 22.2. The molecule has 0 saturated carbocycles. The Labute approximate surface area is 114 Å². The maximum atomic E-state index is 11.7. The summed E-state index contributed by atoms with van der Waals surface area (Å²) in [5, 5.41) is 13.9. The largest absolute Gasteiger partial charge is 0.434 e. The standard InChI is InChI=1S/C14H10N2O4/c17-14-10-6-2-1-5-9(10)13(20-14)15-11-7-3-4-8-12(11)16(18)19/h1-8,13,15H. The molecule has 1 aliphatic rings. The quantitative estimate of drug-likeness (QED) is 0.527. The first-order valence-corrected chi connectivity index (χ1v) is 5.96. The number of ether oxygens (including phenoxy) is 1. The predicted octanol–water partition coefficient (Wildman–Crippen LogP) is 2.88. The topological polar surface area (TPSA) is 81.5 Å². The monoisotopic (exact) mass is 270 g/mol. The third-order valence-corrected chi connectivity index (χ3v) is 3.08. The Morgan fingerprint density at radius 1 is 1.10 bits per heavy atom. The lowest BCUT2D eigenvalue weighted by Gasteiger charge is -2.14. The second-order valence-electron chi connectivity index (χ2n) is 4.29. The SMILES string of the molecule is O=C1OC(Nc2ccccc2[N+](=O)[O-])c2ccccc21. The number of esters is 1. The van der Waals surface area contributed by atoms with Crippen LogP contribution >= 0.6 is 0 Å². The zero-order valence-corrected chi connectivity index (χ0v) is 10.3. The van der Waals surface area contributed by atoms with E-state index in [2.05, 4.69) is 5.32 Å². The van der Waals surface area contributed by atoms with Crippen molar-refractivity contribution in [3.63, 3.8) is 0 Å². The highest BCUT2D eigenvalue weighted by Crippen LogP contribution is 2.34. The van der Waals surface area contributed by atoms with E-state index < -0.39 is 17.1 Å². The molecule has 0 amide bonds. The lowest BCUT2D eigenvalue weighted by atomic mass is 10.1. The molecule has 6 nitrogen and oxygen atoms in total. The lowest BCUT2D eigenvalue weighted by molar-refractivity contribution is -0.384. The van der Waals surface area contributed by atoms with Crippen molar-refractivity contribution in [2.75, 3.05) is 5.32 Å². The van der Waals surface area contributed by atoms with Crippen molar-refractivity contribution in [1.29, 1.82) is 0 Å². The number of benzene rings is 2. The molecule has 100 valence electrons. The van der Waals surface area contributed by atoms with Crippen LogP contribution in [0.15, 0.2) is 48.5 Å². The zero-order chi connectivity index (χ0) is 14.1. The van der Waals surface area contributed by atoms with Crippen molar-refractivity contribution in [2.45, 2.75) is 6.23 Å². The minimum atomic E-state index is -0.709. The Morgan fingerprint density at radius 2 is 1.80 bits per heavy atom. The van der Waals surface area contributed by atoms with Gasteiger partial charge in [-0.25, -0.2) is 4.79 Å². The number of nitrogens with zero attached hydrogens (tertiary/aromatic N) is 1. The van der Waals surface area contributed by atoms with Gasteiger partial charge in [-0.15, -0.1) is 0 Å². The Kier molecular flexibility index (Phi) is 2.83. The normalized spacial score (nSPS) is 16.4. The van der Waals surface area contributed by atoms with Crippen LogP contribution in [0.3, 0.4) is 0 Å². The van der Waals surface area contributed by atoms with Crippen molar-refractivity contribution in [3.05, 3.63) is 69.8 Å². The number of para-hydroxylation sites is 2. The van der Waals surface area contributed by atoms with Crippen molar-refractivity contribution in [3.8, 4) is 0 Å². The molecule has 0 radical (unpaired) electrons. The van der Waals surface area contributed by atoms with Gasteiger partial charge in [-0.05, 0) is 12.1 Å². The fourth-order valence-electron chi connectivity index (χ4n) is 2.15. The van der Waals surface area contributed by atoms with Crippen LogP contribution in [0, 0.1) is 10.1 Å². The molecule has 0 saturated heterocycles. The first-order valence-electron chi connectivity index (χ1n) is 5.96. The summed E-state index contributed by atoms with van der Waals surface area (Å²) in [6.07, 6.45) is -0.709. The van der Waals surface area contributed by atoms with Crippen LogP contribution in [0.1, 0.15) is 22.1 Å². The fourth-order valence-corrected chi connectivity index (χ4v) is 2.15. The molecule has 6 heteroatoms. The van der Waals surface area contributed by atoms with E-state index in [1.165, 1.54) is 6.07 Å². The molecule has 1 aliphatic heterocycles. The van der Waals surface area contributed by atoms with E-state index in [1.54, 1.807) is 42.5 Å². The van der Waals surface area contributed by atoms with Crippen molar-refractivity contribution < 1.29 is 14.5 Å². The van der Waals surface area contributed by atoms with Gasteiger partial charge in [-0.1, -0.05) is 30.3 Å². The zero-order valence-electron chi connectivity index (χ0n) is 10.3. The van der Waals surface area contributed by atoms with Crippen LogP contribution in [0.25, 0.3) is 0 Å². The number of carbonyl (C=O) groups excluding carboxylic acids is 1. The van der Waals surface area contributed by atoms with Gasteiger partial charge in [0.05, 0.1) is 10.5 Å². The lowest BCUT2D eigenvalue weighted by Crippen LogP contribution is -2.11. The highest BCUT2D eigenvalue weighted by Gasteiger charge is 2.31. The fraction of sp³-hybridized carbons (Fsp3) is 0.0714. The summed E-state index contributed by atoms with van der Waals surface area (Å²) < 4.78 is 5.20. The first-order chi connectivity index (χ1) is 9.66. The van der Waals surface area contributed by atoms with Gasteiger partial charge in [0, 0.05) is 11.6 Å². The molecule has 2 aromatic carbocycles. The van der Waals surface area contributed by atoms with Gasteiger partial charge >= 0.3 is 5.97 Å². The maximum Gasteiger partial charge on any atom is 0.340 e. The number of nitro benzene ring substituents is 1. The number of nitro groups is 1. The molecule has 3 rings (SSSR count). The summed E-state index contributed by atoms with van der Waals surface area (Å²) in [6, 6.07) is 13.2. The minimum absolute atomic E-state index is 0.0621. The van der Waals surface area contributed by atoms with E-state index in [0.29, 0.717) is 16.8 Å². The molecule has 0 aromatic heterocycles. The molecule has 0 spiro atoms. The van der Waals surface area contributed by atoms with E-state index in [0.717, 1.165) is 0 Å². The highest BCUT2D eigenvalue weighted by molar-refractivity contribution is 5.94. The molecular formula is C14H10N2O4. The molecule has 20 heavy (non-hydrogen) atoms. The van der Waals surface area contributed by atoms with Gasteiger partial charge < -0.3 is 10.1 Å². The van der Waals surface area contributed by atoms with Gasteiger partial charge in [0.2, 0.25) is 6.23 Å². The summed E-state index contributed by atoms with van der Waals surface area (Å²) in [5.41, 5.74) is 1.40. The van der Waals surface area contributed by atoms with E-state index in [-0.39, 0.29) is 5.69 Å². The highest BCUT2D eigenvalue weighted by atomic mass is 16.6. The number of carbonyl (C=O) groups is 1. The van der Waals surface area contributed by atoms with Crippen LogP contribution in [-0.4, -0.2) is 10.9 Å². The van der Waals surface area contributed by atoms with Crippen LogP contribution in [0.4, 0.5) is 11.4 Å². The molecule has 0 aliphatic carbocycles. The van der Waals surface area contributed by atoms with E-state index in [9.17, 15) is 14.9 Å². The van der Waals surface area contributed by atoms with Gasteiger partial charge in [-0.3, -0.25) is 10.1 Å². The van der Waals surface area contributed by atoms with E-state index in [1.807, 2.05) is 0 Å². The Bertz CT molecular complexity index is 699. The molecule has 1 heterocycles. The molecule has 0 fully saturated rings. The molecule has 1 unspecified atom stereocenters. The number of fused-ring (bicyclic) bond motifs is 1. The second-order valence-corrected chi connectivity index (χ2v) is 4.29. The number of hydrogen-bond acceptors (Lipinski definition) is 5. The van der Waals surface area contributed by atoms with Crippen LogP contribution < -0.4 is 5.32 Å². The Balaban J connectivity index is 1.94.